The SMILES string of the molecule is CCOC(=O)/C(=C\c1ccc(N(C)C)cc1)N(CC)CC. The molecule has 0 saturated carbocycles. The maximum absolute atomic E-state index is 12.1. The van der Waals surface area contributed by atoms with Crippen LogP contribution in [0, 0.1) is 0 Å². The van der Waals surface area contributed by atoms with Gasteiger partial charge >= 0.3 is 5.97 Å². The molecule has 0 atom stereocenters. The summed E-state index contributed by atoms with van der Waals surface area (Å²) in [6.07, 6.45) is 1.89. The average molecular weight is 290 g/mol. The fraction of sp³-hybridized carbons (Fsp3) is 0.471. The van der Waals surface area contributed by atoms with Crippen LogP contribution in [0.3, 0.4) is 0 Å². The van der Waals surface area contributed by atoms with E-state index in [1.54, 1.807) is 0 Å². The van der Waals surface area contributed by atoms with Crippen LogP contribution in [-0.2, 0) is 9.53 Å². The van der Waals surface area contributed by atoms with Gasteiger partial charge in [-0.15, -0.1) is 0 Å². The zero-order valence-corrected chi connectivity index (χ0v) is 13.7. The highest BCUT2D eigenvalue weighted by Crippen LogP contribution is 2.17. The van der Waals surface area contributed by atoms with E-state index in [2.05, 4.69) is 0 Å². The maximum atomic E-state index is 12.1. The maximum Gasteiger partial charge on any atom is 0.354 e. The quantitative estimate of drug-likeness (QED) is 0.571. The minimum absolute atomic E-state index is 0.266. The molecule has 0 aliphatic rings. The number of nitrogens with zero attached hydrogens (tertiary/aromatic N) is 2. The Hall–Kier alpha value is -1.97. The Morgan fingerprint density at radius 2 is 1.67 bits per heavy atom. The van der Waals surface area contributed by atoms with E-state index in [0.717, 1.165) is 24.3 Å². The van der Waals surface area contributed by atoms with Gasteiger partial charge in [-0.1, -0.05) is 12.1 Å². The van der Waals surface area contributed by atoms with Gasteiger partial charge in [-0.3, -0.25) is 0 Å². The van der Waals surface area contributed by atoms with Crippen LogP contribution in [0.5, 0.6) is 0 Å². The number of anilines is 1. The molecule has 21 heavy (non-hydrogen) atoms. The Morgan fingerprint density at radius 1 is 1.10 bits per heavy atom. The lowest BCUT2D eigenvalue weighted by Crippen LogP contribution is -2.28. The van der Waals surface area contributed by atoms with Crippen molar-refractivity contribution in [3.05, 3.63) is 35.5 Å². The van der Waals surface area contributed by atoms with E-state index in [1.807, 2.05) is 75.0 Å². The summed E-state index contributed by atoms with van der Waals surface area (Å²) in [5.41, 5.74) is 2.74. The first kappa shape index (κ1) is 17.1. The van der Waals surface area contributed by atoms with Crippen molar-refractivity contribution >= 4 is 17.7 Å². The number of carbonyl (C=O) groups is 1. The van der Waals surface area contributed by atoms with Gasteiger partial charge in [0.05, 0.1) is 6.61 Å². The Morgan fingerprint density at radius 3 is 2.10 bits per heavy atom. The van der Waals surface area contributed by atoms with E-state index in [1.165, 1.54) is 0 Å². The normalized spacial score (nSPS) is 11.2. The standard InChI is InChI=1S/C17H26N2O2/c1-6-19(7-2)16(17(20)21-8-3)13-14-9-11-15(12-10-14)18(4)5/h9-13H,6-8H2,1-5H3/b16-13+. The number of hydrogen-bond donors (Lipinski definition) is 0. The number of rotatable bonds is 7. The van der Waals surface area contributed by atoms with Crippen LogP contribution < -0.4 is 4.90 Å². The molecule has 0 heterocycles. The molecule has 1 rings (SSSR count). The Kier molecular flexibility index (Phi) is 6.79. The van der Waals surface area contributed by atoms with E-state index < -0.39 is 0 Å². The number of benzene rings is 1. The van der Waals surface area contributed by atoms with Crippen molar-refractivity contribution in [3.8, 4) is 0 Å². The largest absolute Gasteiger partial charge is 0.461 e. The van der Waals surface area contributed by atoms with Crippen molar-refractivity contribution in [1.82, 2.24) is 4.90 Å². The van der Waals surface area contributed by atoms with Crippen molar-refractivity contribution in [2.45, 2.75) is 20.8 Å². The van der Waals surface area contributed by atoms with Gasteiger partial charge in [-0.05, 0) is 44.5 Å². The molecule has 0 aliphatic carbocycles. The third-order valence-electron chi connectivity index (χ3n) is 3.30. The van der Waals surface area contributed by atoms with Gasteiger partial charge in [-0.2, -0.15) is 0 Å². The van der Waals surface area contributed by atoms with Crippen molar-refractivity contribution in [2.75, 3.05) is 38.7 Å². The molecule has 0 fully saturated rings. The molecule has 1 aromatic carbocycles. The van der Waals surface area contributed by atoms with Crippen LogP contribution >= 0.6 is 0 Å². The summed E-state index contributed by atoms with van der Waals surface area (Å²) in [6, 6.07) is 8.10. The van der Waals surface area contributed by atoms with Gasteiger partial charge in [-0.25, -0.2) is 4.79 Å². The van der Waals surface area contributed by atoms with Crippen LogP contribution in [0.25, 0.3) is 6.08 Å². The molecule has 0 aliphatic heterocycles. The summed E-state index contributed by atoms with van der Waals surface area (Å²) < 4.78 is 5.17. The van der Waals surface area contributed by atoms with E-state index >= 15 is 0 Å². The Balaban J connectivity index is 3.08. The lowest BCUT2D eigenvalue weighted by atomic mass is 10.1. The predicted octanol–water partition coefficient (Wildman–Crippen LogP) is 3.00. The molecular weight excluding hydrogens is 264 g/mol. The second kappa shape index (κ2) is 8.35. The van der Waals surface area contributed by atoms with Crippen molar-refractivity contribution in [2.24, 2.45) is 0 Å². The molecule has 4 nitrogen and oxygen atoms in total. The van der Waals surface area contributed by atoms with Gasteiger partial charge in [0.25, 0.3) is 0 Å². The first-order valence-corrected chi connectivity index (χ1v) is 7.44. The number of esters is 1. The first-order valence-electron chi connectivity index (χ1n) is 7.44. The summed E-state index contributed by atoms with van der Waals surface area (Å²) in [5, 5.41) is 0. The van der Waals surface area contributed by atoms with Gasteiger partial charge in [0, 0.05) is 32.9 Å². The van der Waals surface area contributed by atoms with Gasteiger partial charge < -0.3 is 14.5 Å². The smallest absolute Gasteiger partial charge is 0.354 e. The van der Waals surface area contributed by atoms with Gasteiger partial charge in [0.1, 0.15) is 5.70 Å². The van der Waals surface area contributed by atoms with Crippen LogP contribution in [0.15, 0.2) is 30.0 Å². The number of likely N-dealkylation sites (N-methyl/N-ethyl adjacent to an activating group) is 1. The van der Waals surface area contributed by atoms with Crippen molar-refractivity contribution < 1.29 is 9.53 Å². The summed E-state index contributed by atoms with van der Waals surface area (Å²) in [7, 11) is 4.01. The average Bonchev–Trinajstić information content (AvgIpc) is 2.48. The van der Waals surface area contributed by atoms with Gasteiger partial charge in [0.15, 0.2) is 0 Å². The fourth-order valence-corrected chi connectivity index (χ4v) is 2.08. The van der Waals surface area contributed by atoms with Gasteiger partial charge in [0.2, 0.25) is 0 Å². The summed E-state index contributed by atoms with van der Waals surface area (Å²) >= 11 is 0. The lowest BCUT2D eigenvalue weighted by Gasteiger charge is -2.23. The molecule has 0 saturated heterocycles. The Labute approximate surface area is 128 Å². The van der Waals surface area contributed by atoms with Crippen LogP contribution in [0.2, 0.25) is 0 Å². The molecule has 0 N–H and O–H groups in total. The lowest BCUT2D eigenvalue weighted by molar-refractivity contribution is -0.140. The zero-order valence-electron chi connectivity index (χ0n) is 13.7. The molecule has 0 bridgehead atoms. The van der Waals surface area contributed by atoms with Crippen molar-refractivity contribution in [3.63, 3.8) is 0 Å². The highest BCUT2D eigenvalue weighted by atomic mass is 16.5. The van der Waals surface area contributed by atoms with Crippen LogP contribution in [-0.4, -0.2) is 44.7 Å². The molecule has 116 valence electrons. The van der Waals surface area contributed by atoms with Crippen LogP contribution in [0.4, 0.5) is 5.69 Å². The molecule has 0 amide bonds. The van der Waals surface area contributed by atoms with Crippen molar-refractivity contribution in [1.29, 1.82) is 0 Å². The van der Waals surface area contributed by atoms with E-state index in [4.69, 9.17) is 4.74 Å². The molecule has 4 heteroatoms. The second-order valence-corrected chi connectivity index (χ2v) is 4.91. The molecule has 0 spiro atoms. The molecule has 0 unspecified atom stereocenters. The monoisotopic (exact) mass is 290 g/mol. The van der Waals surface area contributed by atoms with Crippen LogP contribution in [0.1, 0.15) is 26.3 Å². The Bertz CT molecular complexity index is 474. The first-order chi connectivity index (χ1) is 10.0. The van der Waals surface area contributed by atoms with E-state index in [-0.39, 0.29) is 5.97 Å². The summed E-state index contributed by atoms with van der Waals surface area (Å²) in [6.45, 7) is 7.83. The van der Waals surface area contributed by atoms with E-state index in [9.17, 15) is 4.79 Å². The number of ether oxygens (including phenoxy) is 1. The molecule has 0 radical (unpaired) electrons. The van der Waals surface area contributed by atoms with E-state index in [0.29, 0.717) is 12.3 Å². The summed E-state index contributed by atoms with van der Waals surface area (Å²) in [5.74, 6) is -0.266. The third-order valence-corrected chi connectivity index (χ3v) is 3.30. The molecular formula is C17H26N2O2. The third kappa shape index (κ3) is 4.81. The molecule has 1 aromatic rings. The predicted molar refractivity (Wildman–Crippen MR) is 88.3 cm³/mol. The minimum atomic E-state index is -0.266. The number of carbonyl (C=O) groups excluding carboxylic acids is 1. The number of hydrogen-bond acceptors (Lipinski definition) is 4. The molecule has 0 aromatic heterocycles. The minimum Gasteiger partial charge on any atom is -0.461 e. The summed E-state index contributed by atoms with van der Waals surface area (Å²) in [4.78, 5) is 16.2. The highest BCUT2D eigenvalue weighted by molar-refractivity contribution is 5.93. The fourth-order valence-electron chi connectivity index (χ4n) is 2.08. The second-order valence-electron chi connectivity index (χ2n) is 4.91. The topological polar surface area (TPSA) is 32.8 Å². The highest BCUT2D eigenvalue weighted by Gasteiger charge is 2.16. The zero-order chi connectivity index (χ0) is 15.8.